The predicted octanol–water partition coefficient (Wildman–Crippen LogP) is 6.31. The van der Waals surface area contributed by atoms with Crippen LogP contribution in [0.4, 0.5) is 13.2 Å². The van der Waals surface area contributed by atoms with Gasteiger partial charge in [-0.1, -0.05) is 36.8 Å². The van der Waals surface area contributed by atoms with E-state index in [4.69, 9.17) is 9.47 Å². The number of nitrogens with zero attached hydrogens (tertiary/aromatic N) is 1. The fourth-order valence-electron chi connectivity index (χ4n) is 3.98. The molecule has 0 N–H and O–H groups in total. The number of ether oxygens (including phenoxy) is 2. The largest absolute Gasteiger partial charge is 0.493 e. The van der Waals surface area contributed by atoms with E-state index in [0.29, 0.717) is 31.3 Å². The molecule has 0 radical (unpaired) electrons. The van der Waals surface area contributed by atoms with Crippen molar-refractivity contribution in [2.24, 2.45) is 11.8 Å². The van der Waals surface area contributed by atoms with Crippen LogP contribution in [0.2, 0.25) is 0 Å². The van der Waals surface area contributed by atoms with Crippen molar-refractivity contribution in [2.75, 3.05) is 19.8 Å². The van der Waals surface area contributed by atoms with Crippen molar-refractivity contribution in [1.29, 1.82) is 0 Å². The van der Waals surface area contributed by atoms with Crippen molar-refractivity contribution >= 4 is 5.97 Å². The van der Waals surface area contributed by atoms with Crippen LogP contribution in [0.1, 0.15) is 56.9 Å². The number of hydrogen-bond acceptors (Lipinski definition) is 6. The van der Waals surface area contributed by atoms with Gasteiger partial charge in [0.25, 0.3) is 5.09 Å². The second kappa shape index (κ2) is 15.1. The van der Waals surface area contributed by atoms with Gasteiger partial charge in [0.1, 0.15) is 19.0 Å². The van der Waals surface area contributed by atoms with E-state index in [1.807, 2.05) is 6.08 Å². The molecule has 2 unspecified atom stereocenters. The molecule has 0 amide bonds. The second-order valence-electron chi connectivity index (χ2n) is 8.32. The van der Waals surface area contributed by atoms with Crippen LogP contribution in [0.5, 0.6) is 5.75 Å². The van der Waals surface area contributed by atoms with Crippen LogP contribution >= 0.6 is 0 Å². The van der Waals surface area contributed by atoms with Gasteiger partial charge in [-0.15, -0.1) is 10.1 Å². The number of benzene rings is 1. The van der Waals surface area contributed by atoms with Gasteiger partial charge < -0.3 is 14.3 Å². The van der Waals surface area contributed by atoms with Crippen molar-refractivity contribution in [3.05, 3.63) is 64.2 Å². The van der Waals surface area contributed by atoms with Crippen molar-refractivity contribution < 1.29 is 37.4 Å². The zero-order valence-electron chi connectivity index (χ0n) is 19.6. The molecule has 1 saturated carbocycles. The van der Waals surface area contributed by atoms with Crippen molar-refractivity contribution in [2.45, 2.75) is 57.5 Å². The molecule has 0 bridgehead atoms. The van der Waals surface area contributed by atoms with Crippen LogP contribution in [0.15, 0.2) is 48.6 Å². The minimum absolute atomic E-state index is 0.135. The predicted molar refractivity (Wildman–Crippen MR) is 123 cm³/mol. The number of alkyl halides is 3. The maximum Gasteiger partial charge on any atom is 0.416 e. The molecule has 0 saturated heterocycles. The Balaban J connectivity index is 1.59. The molecular formula is C25H32F3NO6. The van der Waals surface area contributed by atoms with Gasteiger partial charge >= 0.3 is 12.1 Å². The standard InChI is InChI=1S/C25H32F3NO6/c26-25(27,28)22-13-8-14-23(19-22)33-16-6-5-10-21-12-7-11-20(21)9-3-1-2-4-15-24(30)34-17-18-35-29(31)32/h1,3,5,8,10,13-14,19-21H,2,4,6-7,9,11-12,15-18H2/b3-1-,10-5+. The first-order chi connectivity index (χ1) is 16.8. The molecule has 1 aliphatic carbocycles. The number of hydrogen-bond donors (Lipinski definition) is 0. The SMILES string of the molecule is O=C(CCC/C=C\CC1CCCC1/C=C/CCOc1cccc(C(F)(F)F)c1)OCCO[N+](=O)[O-]. The molecular weight excluding hydrogens is 467 g/mol. The first-order valence-corrected chi connectivity index (χ1v) is 11.8. The lowest BCUT2D eigenvalue weighted by atomic mass is 9.92. The molecule has 1 aliphatic rings. The molecule has 0 aliphatic heterocycles. The number of allylic oxidation sites excluding steroid dienone is 3. The lowest BCUT2D eigenvalue weighted by Crippen LogP contribution is -2.12. The van der Waals surface area contributed by atoms with Crippen molar-refractivity contribution in [3.63, 3.8) is 0 Å². The summed E-state index contributed by atoms with van der Waals surface area (Å²) in [6.07, 6.45) is 10.7. The molecule has 7 nitrogen and oxygen atoms in total. The summed E-state index contributed by atoms with van der Waals surface area (Å²) in [7, 11) is 0. The van der Waals surface area contributed by atoms with Crippen molar-refractivity contribution in [3.8, 4) is 5.75 Å². The molecule has 1 fully saturated rings. The summed E-state index contributed by atoms with van der Waals surface area (Å²) in [6.45, 7) is -0.0810. The summed E-state index contributed by atoms with van der Waals surface area (Å²) in [4.78, 5) is 25.6. The van der Waals surface area contributed by atoms with E-state index in [-0.39, 0.29) is 25.4 Å². The van der Waals surface area contributed by atoms with Crippen molar-refractivity contribution in [1.82, 2.24) is 0 Å². The topological polar surface area (TPSA) is 87.9 Å². The van der Waals surface area contributed by atoms with Gasteiger partial charge in [-0.2, -0.15) is 13.2 Å². The van der Waals surface area contributed by atoms with Gasteiger partial charge in [-0.25, -0.2) is 0 Å². The van der Waals surface area contributed by atoms with Crippen LogP contribution in [-0.4, -0.2) is 30.9 Å². The number of unbranched alkanes of at least 4 members (excludes halogenated alkanes) is 1. The van der Waals surface area contributed by atoms with Crippen LogP contribution in [0.25, 0.3) is 0 Å². The zero-order valence-corrected chi connectivity index (χ0v) is 19.6. The van der Waals surface area contributed by atoms with E-state index in [0.717, 1.165) is 37.8 Å². The highest BCUT2D eigenvalue weighted by atomic mass is 19.4. The van der Waals surface area contributed by atoms with Gasteiger partial charge in [-0.05, 0) is 68.6 Å². The lowest BCUT2D eigenvalue weighted by Gasteiger charge is -2.14. The molecule has 1 aromatic carbocycles. The van der Waals surface area contributed by atoms with E-state index < -0.39 is 22.8 Å². The van der Waals surface area contributed by atoms with E-state index in [1.165, 1.54) is 18.6 Å². The third kappa shape index (κ3) is 11.8. The van der Waals surface area contributed by atoms with Crippen LogP contribution in [-0.2, 0) is 20.5 Å². The fourth-order valence-corrected chi connectivity index (χ4v) is 3.98. The quantitative estimate of drug-likeness (QED) is 0.0923. The number of halogens is 3. The van der Waals surface area contributed by atoms with Crippen LogP contribution in [0.3, 0.4) is 0 Å². The third-order valence-electron chi connectivity index (χ3n) is 5.72. The highest BCUT2D eigenvalue weighted by molar-refractivity contribution is 5.69. The zero-order chi connectivity index (χ0) is 25.5. The fraction of sp³-hybridized carbons (Fsp3) is 0.560. The van der Waals surface area contributed by atoms with E-state index in [1.54, 1.807) is 0 Å². The number of carbonyl (C=O) groups excluding carboxylic acids is 1. The molecule has 2 rings (SSSR count). The Morgan fingerprint density at radius 2 is 1.94 bits per heavy atom. The Kier molecular flexibility index (Phi) is 12.1. The number of rotatable bonds is 15. The highest BCUT2D eigenvalue weighted by Crippen LogP contribution is 2.35. The maximum atomic E-state index is 12.8. The Labute approximate surface area is 203 Å². The second-order valence-corrected chi connectivity index (χ2v) is 8.32. The molecule has 0 aromatic heterocycles. The molecule has 2 atom stereocenters. The van der Waals surface area contributed by atoms with Gasteiger partial charge in [-0.3, -0.25) is 4.79 Å². The normalized spacial score (nSPS) is 18.3. The summed E-state index contributed by atoms with van der Waals surface area (Å²) < 4.78 is 48.6. The molecule has 10 heteroatoms. The van der Waals surface area contributed by atoms with Gasteiger partial charge in [0, 0.05) is 6.42 Å². The molecule has 35 heavy (non-hydrogen) atoms. The summed E-state index contributed by atoms with van der Waals surface area (Å²) >= 11 is 0. The third-order valence-corrected chi connectivity index (χ3v) is 5.72. The minimum atomic E-state index is -4.38. The maximum absolute atomic E-state index is 12.8. The molecule has 1 aromatic rings. The number of esters is 1. The highest BCUT2D eigenvalue weighted by Gasteiger charge is 2.30. The van der Waals surface area contributed by atoms with Gasteiger partial charge in [0.05, 0.1) is 12.2 Å². The smallest absolute Gasteiger partial charge is 0.416 e. The minimum Gasteiger partial charge on any atom is -0.493 e. The molecule has 0 heterocycles. The van der Waals surface area contributed by atoms with E-state index in [9.17, 15) is 28.1 Å². The average Bonchev–Trinajstić information content (AvgIpc) is 3.25. The molecule has 0 spiro atoms. The monoisotopic (exact) mass is 499 g/mol. The van der Waals surface area contributed by atoms with Gasteiger partial charge in [0.2, 0.25) is 0 Å². The average molecular weight is 500 g/mol. The van der Waals surface area contributed by atoms with Gasteiger partial charge in [0.15, 0.2) is 0 Å². The first-order valence-electron chi connectivity index (χ1n) is 11.8. The lowest BCUT2D eigenvalue weighted by molar-refractivity contribution is -0.757. The Morgan fingerprint density at radius 3 is 2.71 bits per heavy atom. The molecule has 194 valence electrons. The summed E-state index contributed by atoms with van der Waals surface area (Å²) in [5, 5.41) is 9.06. The van der Waals surface area contributed by atoms with Crippen LogP contribution < -0.4 is 4.74 Å². The summed E-state index contributed by atoms with van der Waals surface area (Å²) in [6, 6.07) is 4.90. The Bertz CT molecular complexity index is 856. The summed E-state index contributed by atoms with van der Waals surface area (Å²) in [5.74, 6) is 0.848. The first kappa shape index (κ1) is 28.2. The Hall–Kier alpha value is -3.04. The summed E-state index contributed by atoms with van der Waals surface area (Å²) in [5.41, 5.74) is -0.715. The van der Waals surface area contributed by atoms with E-state index >= 15 is 0 Å². The van der Waals surface area contributed by atoms with E-state index in [2.05, 4.69) is 23.1 Å². The van der Waals surface area contributed by atoms with Crippen LogP contribution in [0, 0.1) is 22.0 Å². The number of carbonyl (C=O) groups is 1. The Morgan fingerprint density at radius 1 is 1.11 bits per heavy atom.